The smallest absolute Gasteiger partial charge is 0.317 e. The van der Waals surface area contributed by atoms with Crippen LogP contribution in [-0.4, -0.2) is 41.4 Å². The molecule has 0 spiro atoms. The molecule has 5 heteroatoms. The fourth-order valence-electron chi connectivity index (χ4n) is 1.15. The predicted octanol–water partition coefficient (Wildman–Crippen LogP) is 0.158. The summed E-state index contributed by atoms with van der Waals surface area (Å²) in [5, 5.41) is 8.41. The van der Waals surface area contributed by atoms with E-state index in [2.05, 4.69) is 0 Å². The van der Waals surface area contributed by atoms with Crippen LogP contribution >= 0.6 is 12.4 Å². The van der Waals surface area contributed by atoms with Crippen molar-refractivity contribution in [3.05, 3.63) is 0 Å². The van der Waals surface area contributed by atoms with Crippen LogP contribution in [-0.2, 0) is 9.59 Å². The lowest BCUT2D eigenvalue weighted by atomic mass is 10.1. The van der Waals surface area contributed by atoms with Crippen LogP contribution < -0.4 is 0 Å². The third-order valence-corrected chi connectivity index (χ3v) is 1.77. The van der Waals surface area contributed by atoms with Gasteiger partial charge in [-0.05, 0) is 0 Å². The molecule has 1 heterocycles. The number of hydrogen-bond donors (Lipinski definition) is 1. The van der Waals surface area contributed by atoms with Crippen molar-refractivity contribution in [3.63, 3.8) is 0 Å². The van der Waals surface area contributed by atoms with Crippen molar-refractivity contribution >= 4 is 24.2 Å². The summed E-state index contributed by atoms with van der Waals surface area (Å²) < 4.78 is 0. The van der Waals surface area contributed by atoms with E-state index in [1.165, 1.54) is 0 Å². The minimum absolute atomic E-state index is 0. The SMILES string of the molecule is Cl.O=C(O)CN1CCC(=O)CC1. The molecule has 1 fully saturated rings. The van der Waals surface area contributed by atoms with Crippen molar-refractivity contribution in [1.82, 2.24) is 4.90 Å². The summed E-state index contributed by atoms with van der Waals surface area (Å²) >= 11 is 0. The van der Waals surface area contributed by atoms with E-state index in [-0.39, 0.29) is 24.7 Å². The van der Waals surface area contributed by atoms with Crippen LogP contribution in [0.15, 0.2) is 0 Å². The Kier molecular flexibility index (Phi) is 4.85. The molecule has 0 amide bonds. The number of carbonyl (C=O) groups excluding carboxylic acids is 1. The van der Waals surface area contributed by atoms with Gasteiger partial charge >= 0.3 is 5.97 Å². The van der Waals surface area contributed by atoms with Gasteiger partial charge in [-0.1, -0.05) is 0 Å². The summed E-state index contributed by atoms with van der Waals surface area (Å²) in [5.41, 5.74) is 0. The van der Waals surface area contributed by atoms with Crippen LogP contribution in [0, 0.1) is 0 Å². The van der Waals surface area contributed by atoms with E-state index in [0.29, 0.717) is 25.9 Å². The van der Waals surface area contributed by atoms with Crippen LogP contribution in [0.5, 0.6) is 0 Å². The van der Waals surface area contributed by atoms with E-state index in [4.69, 9.17) is 5.11 Å². The highest BCUT2D eigenvalue weighted by Gasteiger charge is 2.17. The molecule has 1 aliphatic rings. The lowest BCUT2D eigenvalue weighted by Gasteiger charge is -2.23. The molecule has 0 aromatic carbocycles. The molecule has 1 aliphatic heterocycles. The summed E-state index contributed by atoms with van der Waals surface area (Å²) in [7, 11) is 0. The highest BCUT2D eigenvalue weighted by Crippen LogP contribution is 2.04. The van der Waals surface area contributed by atoms with Gasteiger partial charge in [0, 0.05) is 25.9 Å². The number of likely N-dealkylation sites (tertiary alicyclic amines) is 1. The molecule has 0 aromatic rings. The first-order valence-electron chi connectivity index (χ1n) is 3.64. The molecule has 0 bridgehead atoms. The Hall–Kier alpha value is -0.610. The van der Waals surface area contributed by atoms with Crippen molar-refractivity contribution in [3.8, 4) is 0 Å². The number of rotatable bonds is 2. The van der Waals surface area contributed by atoms with Crippen LogP contribution in [0.1, 0.15) is 12.8 Å². The maximum Gasteiger partial charge on any atom is 0.317 e. The van der Waals surface area contributed by atoms with E-state index in [9.17, 15) is 9.59 Å². The van der Waals surface area contributed by atoms with Gasteiger partial charge in [-0.3, -0.25) is 14.5 Å². The number of hydrogen-bond acceptors (Lipinski definition) is 3. The minimum atomic E-state index is -0.820. The Morgan fingerprint density at radius 3 is 2.33 bits per heavy atom. The fourth-order valence-corrected chi connectivity index (χ4v) is 1.15. The molecule has 0 radical (unpaired) electrons. The van der Waals surface area contributed by atoms with Crippen molar-refractivity contribution in [2.45, 2.75) is 12.8 Å². The average Bonchev–Trinajstić information content (AvgIpc) is 1.93. The zero-order chi connectivity index (χ0) is 8.27. The quantitative estimate of drug-likeness (QED) is 0.679. The topological polar surface area (TPSA) is 57.6 Å². The van der Waals surface area contributed by atoms with Gasteiger partial charge in [-0.2, -0.15) is 0 Å². The second-order valence-corrected chi connectivity index (χ2v) is 2.71. The van der Waals surface area contributed by atoms with Gasteiger partial charge in [-0.15, -0.1) is 12.4 Å². The minimum Gasteiger partial charge on any atom is -0.480 e. The second-order valence-electron chi connectivity index (χ2n) is 2.71. The number of ketones is 1. The number of carboxylic acid groups (broad SMARTS) is 1. The van der Waals surface area contributed by atoms with Gasteiger partial charge in [0.2, 0.25) is 0 Å². The zero-order valence-electron chi connectivity index (χ0n) is 6.65. The fraction of sp³-hybridized carbons (Fsp3) is 0.714. The van der Waals surface area contributed by atoms with Gasteiger partial charge < -0.3 is 5.11 Å². The number of aliphatic carboxylic acids is 1. The first kappa shape index (κ1) is 11.4. The molecule has 12 heavy (non-hydrogen) atoms. The average molecular weight is 194 g/mol. The molecule has 0 aromatic heterocycles. The number of Topliss-reactive ketones (excluding diaryl/α,β-unsaturated/α-hetero) is 1. The molecule has 0 atom stereocenters. The van der Waals surface area contributed by atoms with E-state index in [0.717, 1.165) is 0 Å². The van der Waals surface area contributed by atoms with E-state index in [1.807, 2.05) is 0 Å². The lowest BCUT2D eigenvalue weighted by Crippen LogP contribution is -2.37. The molecule has 0 aliphatic carbocycles. The molecule has 1 rings (SSSR count). The Bertz CT molecular complexity index is 173. The van der Waals surface area contributed by atoms with Gasteiger partial charge in [0.15, 0.2) is 0 Å². The first-order chi connectivity index (χ1) is 5.18. The number of halogens is 1. The van der Waals surface area contributed by atoms with Crippen molar-refractivity contribution in [1.29, 1.82) is 0 Å². The summed E-state index contributed by atoms with van der Waals surface area (Å²) in [6.07, 6.45) is 1.01. The number of nitrogens with zero attached hydrogens (tertiary/aromatic N) is 1. The summed E-state index contributed by atoms with van der Waals surface area (Å²) in [5.74, 6) is -0.578. The molecular weight excluding hydrogens is 182 g/mol. The summed E-state index contributed by atoms with van der Waals surface area (Å²) in [6.45, 7) is 1.27. The first-order valence-corrected chi connectivity index (χ1v) is 3.64. The highest BCUT2D eigenvalue weighted by atomic mass is 35.5. The molecule has 4 nitrogen and oxygen atoms in total. The summed E-state index contributed by atoms with van der Waals surface area (Å²) in [4.78, 5) is 22.7. The Morgan fingerprint density at radius 2 is 1.92 bits per heavy atom. The van der Waals surface area contributed by atoms with Crippen LogP contribution in [0.2, 0.25) is 0 Å². The lowest BCUT2D eigenvalue weighted by molar-refractivity contribution is -0.139. The molecule has 70 valence electrons. The number of carbonyl (C=O) groups is 2. The molecule has 0 saturated carbocycles. The third kappa shape index (κ3) is 3.69. The van der Waals surface area contributed by atoms with Crippen LogP contribution in [0.3, 0.4) is 0 Å². The maximum absolute atomic E-state index is 10.7. The standard InChI is InChI=1S/C7H11NO3.ClH/c9-6-1-3-8(4-2-6)5-7(10)11;/h1-5H2,(H,10,11);1H. The highest BCUT2D eigenvalue weighted by molar-refractivity contribution is 5.85. The Balaban J connectivity index is 0.00000121. The summed E-state index contributed by atoms with van der Waals surface area (Å²) in [6, 6.07) is 0. The van der Waals surface area contributed by atoms with Crippen molar-refractivity contribution in [2.24, 2.45) is 0 Å². The Labute approximate surface area is 77.0 Å². The monoisotopic (exact) mass is 193 g/mol. The van der Waals surface area contributed by atoms with Crippen LogP contribution in [0.4, 0.5) is 0 Å². The molecule has 1 N–H and O–H groups in total. The second kappa shape index (κ2) is 5.11. The van der Waals surface area contributed by atoms with Gasteiger partial charge in [-0.25, -0.2) is 0 Å². The van der Waals surface area contributed by atoms with Crippen molar-refractivity contribution in [2.75, 3.05) is 19.6 Å². The van der Waals surface area contributed by atoms with Gasteiger partial charge in [0.25, 0.3) is 0 Å². The van der Waals surface area contributed by atoms with Gasteiger partial charge in [0.1, 0.15) is 5.78 Å². The largest absolute Gasteiger partial charge is 0.480 e. The van der Waals surface area contributed by atoms with E-state index < -0.39 is 5.97 Å². The Morgan fingerprint density at radius 1 is 1.42 bits per heavy atom. The molecular formula is C7H12ClNO3. The number of piperidine rings is 1. The maximum atomic E-state index is 10.7. The molecule has 1 saturated heterocycles. The zero-order valence-corrected chi connectivity index (χ0v) is 7.47. The normalized spacial score (nSPS) is 18.5. The molecule has 0 unspecified atom stereocenters. The third-order valence-electron chi connectivity index (χ3n) is 1.77. The van der Waals surface area contributed by atoms with Crippen LogP contribution in [0.25, 0.3) is 0 Å². The van der Waals surface area contributed by atoms with Gasteiger partial charge in [0.05, 0.1) is 6.54 Å². The van der Waals surface area contributed by atoms with E-state index in [1.54, 1.807) is 4.90 Å². The van der Waals surface area contributed by atoms with Crippen molar-refractivity contribution < 1.29 is 14.7 Å². The number of carboxylic acids is 1. The predicted molar refractivity (Wildman–Crippen MR) is 45.6 cm³/mol. The van der Waals surface area contributed by atoms with E-state index >= 15 is 0 Å².